The Morgan fingerprint density at radius 1 is 1.43 bits per heavy atom. The molecule has 0 aliphatic rings. The zero-order valence-corrected chi connectivity index (χ0v) is 9.43. The lowest BCUT2D eigenvalue weighted by Gasteiger charge is -2.26. The smallest absolute Gasteiger partial charge is 0.0358 e. The fraction of sp³-hybridized carbons (Fsp3) is 0.538. The summed E-state index contributed by atoms with van der Waals surface area (Å²) in [5, 5.41) is 0. The van der Waals surface area contributed by atoms with Crippen molar-refractivity contribution in [2.24, 2.45) is 0 Å². The molecule has 0 saturated heterocycles. The van der Waals surface area contributed by atoms with Crippen LogP contribution in [-0.2, 0) is 5.41 Å². The third kappa shape index (κ3) is 2.50. The van der Waals surface area contributed by atoms with E-state index in [0.717, 1.165) is 5.69 Å². The first-order valence-corrected chi connectivity index (χ1v) is 5.34. The van der Waals surface area contributed by atoms with Gasteiger partial charge in [0.15, 0.2) is 0 Å². The first kappa shape index (κ1) is 11.1. The van der Waals surface area contributed by atoms with Crippen molar-refractivity contribution in [2.75, 3.05) is 5.73 Å². The minimum atomic E-state index is 0.190. The Kier molecular flexibility index (Phi) is 3.56. The highest BCUT2D eigenvalue weighted by molar-refractivity contribution is 5.49. The summed E-state index contributed by atoms with van der Waals surface area (Å²) in [4.78, 5) is 0. The third-order valence-corrected chi connectivity index (χ3v) is 2.78. The Morgan fingerprint density at radius 2 is 2.14 bits per heavy atom. The molecule has 1 rings (SSSR count). The van der Waals surface area contributed by atoms with Crippen molar-refractivity contribution < 1.29 is 0 Å². The molecule has 1 heteroatoms. The molecule has 2 N–H and O–H groups in total. The van der Waals surface area contributed by atoms with Crippen molar-refractivity contribution >= 4 is 5.69 Å². The van der Waals surface area contributed by atoms with Crippen molar-refractivity contribution in [2.45, 2.75) is 45.4 Å². The molecule has 1 aromatic carbocycles. The molecular formula is C13H20N. The highest BCUT2D eigenvalue weighted by Gasteiger charge is 2.21. The van der Waals surface area contributed by atoms with Crippen molar-refractivity contribution in [3.05, 3.63) is 29.8 Å². The van der Waals surface area contributed by atoms with Crippen molar-refractivity contribution in [3.8, 4) is 0 Å². The maximum absolute atomic E-state index is 5.95. The lowest BCUT2D eigenvalue weighted by atomic mass is 9.79. The zero-order chi connectivity index (χ0) is 10.6. The van der Waals surface area contributed by atoms with E-state index in [1.807, 2.05) is 12.1 Å². The number of nitrogen functional groups attached to an aromatic ring is 1. The number of hydrogen-bond donors (Lipinski definition) is 1. The Balaban J connectivity index is 2.86. The molecule has 0 amide bonds. The molecule has 0 aliphatic carbocycles. The van der Waals surface area contributed by atoms with E-state index in [9.17, 15) is 0 Å². The average molecular weight is 190 g/mol. The minimum absolute atomic E-state index is 0.190. The molecule has 0 atom stereocenters. The van der Waals surface area contributed by atoms with Gasteiger partial charge in [-0.15, -0.1) is 0 Å². The topological polar surface area (TPSA) is 26.0 Å². The summed E-state index contributed by atoms with van der Waals surface area (Å²) >= 11 is 0. The molecule has 1 radical (unpaired) electrons. The Bertz CT molecular complexity index is 289. The van der Waals surface area contributed by atoms with Crippen LogP contribution >= 0.6 is 0 Å². The van der Waals surface area contributed by atoms with Gasteiger partial charge in [0.1, 0.15) is 0 Å². The quantitative estimate of drug-likeness (QED) is 0.722. The van der Waals surface area contributed by atoms with E-state index in [2.05, 4.69) is 32.9 Å². The van der Waals surface area contributed by atoms with Crippen LogP contribution in [0.5, 0.6) is 0 Å². The average Bonchev–Trinajstić information content (AvgIpc) is 2.15. The summed E-state index contributed by atoms with van der Waals surface area (Å²) in [6.45, 7) is 6.74. The van der Waals surface area contributed by atoms with Crippen LogP contribution in [-0.4, -0.2) is 0 Å². The highest BCUT2D eigenvalue weighted by Crippen LogP contribution is 2.32. The maximum Gasteiger partial charge on any atom is 0.0358 e. The van der Waals surface area contributed by atoms with E-state index in [0.29, 0.717) is 0 Å². The zero-order valence-electron chi connectivity index (χ0n) is 9.43. The first-order chi connectivity index (χ1) is 6.58. The van der Waals surface area contributed by atoms with Crippen molar-refractivity contribution in [1.29, 1.82) is 0 Å². The molecular weight excluding hydrogens is 170 g/mol. The van der Waals surface area contributed by atoms with Gasteiger partial charge < -0.3 is 5.73 Å². The van der Waals surface area contributed by atoms with Gasteiger partial charge in [0.2, 0.25) is 0 Å². The van der Waals surface area contributed by atoms with Crippen LogP contribution in [0.1, 0.15) is 45.6 Å². The Hall–Kier alpha value is -0.980. The second kappa shape index (κ2) is 4.50. The van der Waals surface area contributed by atoms with Gasteiger partial charge in [-0.1, -0.05) is 45.7 Å². The lowest BCUT2D eigenvalue weighted by molar-refractivity contribution is 0.459. The number of unbranched alkanes of at least 4 members (excludes halogenated alkanes) is 1. The number of nitrogens with two attached hydrogens (primary N) is 1. The highest BCUT2D eigenvalue weighted by atomic mass is 14.6. The summed E-state index contributed by atoms with van der Waals surface area (Å²) in [5.41, 5.74) is 8.26. The molecule has 0 fully saturated rings. The van der Waals surface area contributed by atoms with Gasteiger partial charge in [-0.3, -0.25) is 0 Å². The molecule has 0 unspecified atom stereocenters. The Labute approximate surface area is 87.3 Å². The van der Waals surface area contributed by atoms with Crippen LogP contribution < -0.4 is 5.73 Å². The van der Waals surface area contributed by atoms with E-state index in [1.54, 1.807) is 0 Å². The predicted molar refractivity (Wildman–Crippen MR) is 62.2 cm³/mol. The van der Waals surface area contributed by atoms with Crippen molar-refractivity contribution in [1.82, 2.24) is 0 Å². The summed E-state index contributed by atoms with van der Waals surface area (Å²) < 4.78 is 0. The molecule has 0 saturated carbocycles. The van der Waals surface area contributed by atoms with Gasteiger partial charge in [-0.05, 0) is 29.5 Å². The second-order valence-electron chi connectivity index (χ2n) is 4.50. The van der Waals surface area contributed by atoms with Gasteiger partial charge >= 0.3 is 0 Å². The largest absolute Gasteiger partial charge is 0.398 e. The Morgan fingerprint density at radius 3 is 2.71 bits per heavy atom. The standard InChI is InChI=1S/C13H20N/c1-4-5-10-13(2,3)11-8-6-7-9-12(11)14/h6,8-9H,4-5,10,14H2,1-3H3. The van der Waals surface area contributed by atoms with Crippen LogP contribution in [0.3, 0.4) is 0 Å². The molecule has 0 bridgehead atoms. The number of benzene rings is 1. The van der Waals surface area contributed by atoms with Crippen LogP contribution in [0, 0.1) is 6.07 Å². The summed E-state index contributed by atoms with van der Waals surface area (Å²) in [6, 6.07) is 8.90. The lowest BCUT2D eigenvalue weighted by Crippen LogP contribution is -2.18. The van der Waals surface area contributed by atoms with Gasteiger partial charge in [0.05, 0.1) is 0 Å². The van der Waals surface area contributed by atoms with Gasteiger partial charge in [-0.2, -0.15) is 0 Å². The van der Waals surface area contributed by atoms with Gasteiger partial charge in [0, 0.05) is 5.69 Å². The minimum Gasteiger partial charge on any atom is -0.398 e. The van der Waals surface area contributed by atoms with Gasteiger partial charge in [-0.25, -0.2) is 0 Å². The fourth-order valence-corrected chi connectivity index (χ4v) is 1.81. The van der Waals surface area contributed by atoms with E-state index >= 15 is 0 Å². The molecule has 1 aromatic rings. The molecule has 1 nitrogen and oxygen atoms in total. The van der Waals surface area contributed by atoms with E-state index in [1.165, 1.54) is 24.8 Å². The summed E-state index contributed by atoms with van der Waals surface area (Å²) in [5.74, 6) is 0. The molecule has 0 spiro atoms. The first-order valence-electron chi connectivity index (χ1n) is 5.34. The molecule has 0 aliphatic heterocycles. The van der Waals surface area contributed by atoms with Crippen LogP contribution in [0.25, 0.3) is 0 Å². The monoisotopic (exact) mass is 190 g/mol. The van der Waals surface area contributed by atoms with E-state index in [-0.39, 0.29) is 5.41 Å². The van der Waals surface area contributed by atoms with E-state index in [4.69, 9.17) is 5.73 Å². The summed E-state index contributed by atoms with van der Waals surface area (Å²) in [6.07, 6.45) is 3.69. The summed E-state index contributed by atoms with van der Waals surface area (Å²) in [7, 11) is 0. The molecule has 0 heterocycles. The molecule has 14 heavy (non-hydrogen) atoms. The number of rotatable bonds is 4. The predicted octanol–water partition coefficient (Wildman–Crippen LogP) is 3.54. The SMILES string of the molecule is CCCCC(C)(C)c1cc[c]cc1N. The molecule has 77 valence electrons. The number of anilines is 1. The van der Waals surface area contributed by atoms with Crippen molar-refractivity contribution in [3.63, 3.8) is 0 Å². The van der Waals surface area contributed by atoms with E-state index < -0.39 is 0 Å². The molecule has 0 aromatic heterocycles. The van der Waals surface area contributed by atoms with Crippen LogP contribution in [0.4, 0.5) is 5.69 Å². The number of hydrogen-bond acceptors (Lipinski definition) is 1. The van der Waals surface area contributed by atoms with Gasteiger partial charge in [0.25, 0.3) is 0 Å². The fourth-order valence-electron chi connectivity index (χ4n) is 1.81. The third-order valence-electron chi connectivity index (χ3n) is 2.78. The second-order valence-corrected chi connectivity index (χ2v) is 4.50. The van der Waals surface area contributed by atoms with Crippen LogP contribution in [0.15, 0.2) is 18.2 Å². The maximum atomic E-state index is 5.95. The normalized spacial score (nSPS) is 11.6. The van der Waals surface area contributed by atoms with Crippen LogP contribution in [0.2, 0.25) is 0 Å².